The maximum Gasteiger partial charge on any atom is 0.290 e. The number of ether oxygens (including phenoxy) is 1. The van der Waals surface area contributed by atoms with Crippen LogP contribution in [0.5, 0.6) is 0 Å². The molecular formula is C18H16BrNO5. The molecule has 1 aromatic carbocycles. The molecule has 1 aliphatic heterocycles. The van der Waals surface area contributed by atoms with Gasteiger partial charge in [-0.1, -0.05) is 28.1 Å². The lowest BCUT2D eigenvalue weighted by Gasteiger charge is -2.26. The Morgan fingerprint density at radius 3 is 2.80 bits per heavy atom. The zero-order valence-corrected chi connectivity index (χ0v) is 15.0. The lowest BCUT2D eigenvalue weighted by atomic mass is 9.95. The summed E-state index contributed by atoms with van der Waals surface area (Å²) >= 11 is 3.40. The van der Waals surface area contributed by atoms with Crippen molar-refractivity contribution < 1.29 is 23.8 Å². The van der Waals surface area contributed by atoms with Gasteiger partial charge in [-0.25, -0.2) is 0 Å². The third-order valence-electron chi connectivity index (χ3n) is 3.99. The van der Waals surface area contributed by atoms with E-state index >= 15 is 0 Å². The molecule has 7 heteroatoms. The maximum atomic E-state index is 12.8. The standard InChI is InChI=1S/C18H16BrNO5/c1-24-9-7-20-15(11-4-2-5-12(19)10-11)14(17(22)18(20)23)16(21)13-6-3-8-25-13/h2-6,8,10,15,22H,7,9H2,1H3/t15-/m1/s1. The molecule has 0 aliphatic carbocycles. The van der Waals surface area contributed by atoms with Crippen molar-refractivity contribution in [1.29, 1.82) is 0 Å². The molecule has 130 valence electrons. The van der Waals surface area contributed by atoms with Gasteiger partial charge in [-0.15, -0.1) is 0 Å². The zero-order chi connectivity index (χ0) is 18.0. The van der Waals surface area contributed by atoms with E-state index in [1.54, 1.807) is 12.1 Å². The van der Waals surface area contributed by atoms with Crippen molar-refractivity contribution in [2.45, 2.75) is 6.04 Å². The van der Waals surface area contributed by atoms with Gasteiger partial charge in [0.2, 0.25) is 5.78 Å². The molecule has 0 saturated carbocycles. The van der Waals surface area contributed by atoms with E-state index in [0.717, 1.165) is 4.47 Å². The van der Waals surface area contributed by atoms with Crippen LogP contribution in [0, 0.1) is 0 Å². The van der Waals surface area contributed by atoms with Crippen molar-refractivity contribution in [3.8, 4) is 0 Å². The van der Waals surface area contributed by atoms with Gasteiger partial charge in [-0.05, 0) is 29.8 Å². The molecule has 2 heterocycles. The van der Waals surface area contributed by atoms with Gasteiger partial charge in [0.15, 0.2) is 11.5 Å². The predicted octanol–water partition coefficient (Wildman–Crippen LogP) is 3.27. The van der Waals surface area contributed by atoms with Crippen molar-refractivity contribution in [3.05, 3.63) is 69.8 Å². The van der Waals surface area contributed by atoms with Crippen LogP contribution in [0.3, 0.4) is 0 Å². The Balaban J connectivity index is 2.08. The number of hydrogen-bond acceptors (Lipinski definition) is 5. The Morgan fingerprint density at radius 2 is 2.16 bits per heavy atom. The first-order chi connectivity index (χ1) is 12.0. The van der Waals surface area contributed by atoms with Crippen LogP contribution in [0.4, 0.5) is 0 Å². The average Bonchev–Trinajstić information content (AvgIpc) is 3.21. The SMILES string of the molecule is COCCN1C(=O)C(O)=C(C(=O)c2ccco2)[C@H]1c1cccc(Br)c1. The maximum absolute atomic E-state index is 12.8. The Labute approximate surface area is 152 Å². The van der Waals surface area contributed by atoms with E-state index in [4.69, 9.17) is 9.15 Å². The Morgan fingerprint density at radius 1 is 1.36 bits per heavy atom. The average molecular weight is 406 g/mol. The Hall–Kier alpha value is -2.38. The number of Topliss-reactive ketones (excluding diaryl/α,β-unsaturated/α-hetero) is 1. The number of benzene rings is 1. The number of aliphatic hydroxyl groups is 1. The number of halogens is 1. The molecular weight excluding hydrogens is 390 g/mol. The van der Waals surface area contributed by atoms with Crippen LogP contribution < -0.4 is 0 Å². The molecule has 0 unspecified atom stereocenters. The molecule has 1 amide bonds. The van der Waals surface area contributed by atoms with E-state index < -0.39 is 23.5 Å². The first-order valence-corrected chi connectivity index (χ1v) is 8.40. The molecule has 0 spiro atoms. The van der Waals surface area contributed by atoms with Crippen LogP contribution >= 0.6 is 15.9 Å². The van der Waals surface area contributed by atoms with Gasteiger partial charge in [0.05, 0.1) is 24.5 Å². The number of carbonyl (C=O) groups excluding carboxylic acids is 2. The summed E-state index contributed by atoms with van der Waals surface area (Å²) in [6, 6.07) is 9.64. The molecule has 0 bridgehead atoms. The summed E-state index contributed by atoms with van der Waals surface area (Å²) in [6.45, 7) is 0.525. The number of rotatable bonds is 6. The fourth-order valence-electron chi connectivity index (χ4n) is 2.87. The highest BCUT2D eigenvalue weighted by Crippen LogP contribution is 2.39. The van der Waals surface area contributed by atoms with Gasteiger partial charge >= 0.3 is 0 Å². The second-order valence-corrected chi connectivity index (χ2v) is 6.43. The van der Waals surface area contributed by atoms with Crippen LogP contribution in [0.2, 0.25) is 0 Å². The Kier molecular flexibility index (Phi) is 5.06. The van der Waals surface area contributed by atoms with Gasteiger partial charge < -0.3 is 19.2 Å². The Bertz CT molecular complexity index is 828. The first-order valence-electron chi connectivity index (χ1n) is 7.61. The summed E-state index contributed by atoms with van der Waals surface area (Å²) in [5, 5.41) is 10.4. The molecule has 6 nitrogen and oxygen atoms in total. The van der Waals surface area contributed by atoms with Crippen LogP contribution in [-0.4, -0.2) is 42.0 Å². The third kappa shape index (κ3) is 3.25. The second kappa shape index (κ2) is 7.25. The molecule has 0 saturated heterocycles. The molecule has 0 radical (unpaired) electrons. The minimum Gasteiger partial charge on any atom is -0.503 e. The number of carbonyl (C=O) groups is 2. The van der Waals surface area contributed by atoms with Crippen molar-refractivity contribution in [2.24, 2.45) is 0 Å². The quantitative estimate of drug-likeness (QED) is 0.745. The fourth-order valence-corrected chi connectivity index (χ4v) is 3.29. The zero-order valence-electron chi connectivity index (χ0n) is 13.4. The molecule has 1 aromatic heterocycles. The fraction of sp³-hybridized carbons (Fsp3) is 0.222. The van der Waals surface area contributed by atoms with E-state index in [-0.39, 0.29) is 24.5 Å². The molecule has 3 rings (SSSR count). The number of hydrogen-bond donors (Lipinski definition) is 1. The summed E-state index contributed by atoms with van der Waals surface area (Å²) in [5.74, 6) is -1.59. The van der Waals surface area contributed by atoms with Gasteiger partial charge in [0.25, 0.3) is 5.91 Å². The van der Waals surface area contributed by atoms with E-state index in [0.29, 0.717) is 5.56 Å². The third-order valence-corrected chi connectivity index (χ3v) is 4.49. The lowest BCUT2D eigenvalue weighted by molar-refractivity contribution is -0.130. The number of methoxy groups -OCH3 is 1. The highest BCUT2D eigenvalue weighted by Gasteiger charge is 2.44. The topological polar surface area (TPSA) is 80.0 Å². The van der Waals surface area contributed by atoms with Crippen molar-refractivity contribution in [2.75, 3.05) is 20.3 Å². The van der Waals surface area contributed by atoms with Crippen molar-refractivity contribution in [3.63, 3.8) is 0 Å². The molecule has 0 fully saturated rings. The van der Waals surface area contributed by atoms with Crippen molar-refractivity contribution in [1.82, 2.24) is 4.90 Å². The highest BCUT2D eigenvalue weighted by molar-refractivity contribution is 9.10. The van der Waals surface area contributed by atoms with Gasteiger partial charge in [0, 0.05) is 18.1 Å². The monoisotopic (exact) mass is 405 g/mol. The van der Waals surface area contributed by atoms with Gasteiger partial charge in [-0.3, -0.25) is 9.59 Å². The summed E-state index contributed by atoms with van der Waals surface area (Å²) < 4.78 is 11.0. The number of ketones is 1. The summed E-state index contributed by atoms with van der Waals surface area (Å²) in [5.41, 5.74) is 0.715. The molecule has 1 aliphatic rings. The summed E-state index contributed by atoms with van der Waals surface area (Å²) in [7, 11) is 1.52. The second-order valence-electron chi connectivity index (χ2n) is 5.52. The normalized spacial score (nSPS) is 17.4. The number of amides is 1. The van der Waals surface area contributed by atoms with Gasteiger partial charge in [-0.2, -0.15) is 0 Å². The molecule has 2 aromatic rings. The van der Waals surface area contributed by atoms with Crippen molar-refractivity contribution >= 4 is 27.6 Å². The van der Waals surface area contributed by atoms with Crippen LogP contribution in [0.15, 0.2) is 62.9 Å². The number of nitrogens with zero attached hydrogens (tertiary/aromatic N) is 1. The van der Waals surface area contributed by atoms with E-state index in [2.05, 4.69) is 15.9 Å². The smallest absolute Gasteiger partial charge is 0.290 e. The minimum absolute atomic E-state index is 0.00848. The lowest BCUT2D eigenvalue weighted by Crippen LogP contribution is -2.34. The molecule has 1 N–H and O–H groups in total. The largest absolute Gasteiger partial charge is 0.503 e. The minimum atomic E-state index is -0.710. The molecule has 25 heavy (non-hydrogen) atoms. The number of furan rings is 1. The summed E-state index contributed by atoms with van der Waals surface area (Å²) in [4.78, 5) is 26.8. The number of aliphatic hydroxyl groups excluding tert-OH is 1. The van der Waals surface area contributed by atoms with Crippen LogP contribution in [0.25, 0.3) is 0 Å². The van der Waals surface area contributed by atoms with E-state index in [1.807, 2.05) is 18.2 Å². The highest BCUT2D eigenvalue weighted by atomic mass is 79.9. The van der Waals surface area contributed by atoms with Gasteiger partial charge in [0.1, 0.15) is 0 Å². The van der Waals surface area contributed by atoms with E-state index in [9.17, 15) is 14.7 Å². The first kappa shape index (κ1) is 17.4. The summed E-state index contributed by atoms with van der Waals surface area (Å²) in [6.07, 6.45) is 1.37. The van der Waals surface area contributed by atoms with E-state index in [1.165, 1.54) is 24.3 Å². The molecule has 1 atom stereocenters. The van der Waals surface area contributed by atoms with Crippen LogP contribution in [-0.2, 0) is 9.53 Å². The predicted molar refractivity (Wildman–Crippen MR) is 93.2 cm³/mol. The van der Waals surface area contributed by atoms with Crippen LogP contribution in [0.1, 0.15) is 22.2 Å².